The van der Waals surface area contributed by atoms with Crippen LogP contribution in [-0.4, -0.2) is 89.3 Å². The number of fused-ring (bicyclic) bond motifs is 1. The quantitative estimate of drug-likeness (QED) is 0.752. The van der Waals surface area contributed by atoms with Crippen molar-refractivity contribution in [2.75, 3.05) is 46.8 Å². The first-order chi connectivity index (χ1) is 14.8. The van der Waals surface area contributed by atoms with E-state index in [1.807, 2.05) is 30.0 Å². The molecule has 1 amide bonds. The van der Waals surface area contributed by atoms with Gasteiger partial charge in [0.15, 0.2) is 0 Å². The molecular weight excluding hydrogens is 390 g/mol. The normalized spacial score (nSPS) is 33.0. The van der Waals surface area contributed by atoms with Gasteiger partial charge in [0.1, 0.15) is 5.75 Å². The predicted octanol–water partition coefficient (Wildman–Crippen LogP) is 1.98. The third kappa shape index (κ3) is 3.57. The summed E-state index contributed by atoms with van der Waals surface area (Å²) in [5, 5.41) is 22.7. The summed E-state index contributed by atoms with van der Waals surface area (Å²) in [7, 11) is 3.99. The molecule has 3 atom stereocenters. The highest BCUT2D eigenvalue weighted by Gasteiger charge is 2.63. The number of aromatic hydroxyl groups is 1. The molecule has 6 nitrogen and oxygen atoms in total. The maximum absolute atomic E-state index is 12.9. The number of amides is 1. The minimum atomic E-state index is -0.864. The van der Waals surface area contributed by atoms with Gasteiger partial charge in [-0.25, -0.2) is 0 Å². The van der Waals surface area contributed by atoms with E-state index in [0.717, 1.165) is 50.4 Å². The number of rotatable bonds is 5. The topological polar surface area (TPSA) is 67.3 Å². The van der Waals surface area contributed by atoms with Crippen molar-refractivity contribution in [2.24, 2.45) is 5.92 Å². The molecule has 2 N–H and O–H groups in total. The highest BCUT2D eigenvalue weighted by atomic mass is 16.3. The van der Waals surface area contributed by atoms with Crippen molar-refractivity contribution in [1.29, 1.82) is 0 Å². The molecule has 4 aliphatic rings. The number of hydrogen-bond donors (Lipinski definition) is 2. The van der Waals surface area contributed by atoms with E-state index in [1.165, 1.54) is 18.4 Å². The molecule has 2 aliphatic carbocycles. The Kier molecular flexibility index (Phi) is 5.31. The van der Waals surface area contributed by atoms with Crippen molar-refractivity contribution in [3.05, 3.63) is 29.3 Å². The first-order valence-corrected chi connectivity index (χ1v) is 12.0. The van der Waals surface area contributed by atoms with Crippen molar-refractivity contribution in [2.45, 2.75) is 62.0 Å². The number of benzene rings is 1. The Morgan fingerprint density at radius 3 is 2.65 bits per heavy atom. The lowest BCUT2D eigenvalue weighted by molar-refractivity contribution is -0.149. The summed E-state index contributed by atoms with van der Waals surface area (Å²) in [6.07, 6.45) is 6.24. The zero-order valence-electron chi connectivity index (χ0n) is 19.0. The Hall–Kier alpha value is -1.63. The smallest absolute Gasteiger partial charge is 0.223 e. The van der Waals surface area contributed by atoms with Crippen LogP contribution >= 0.6 is 0 Å². The zero-order chi connectivity index (χ0) is 21.8. The Balaban J connectivity index is 1.49. The number of likely N-dealkylation sites (tertiary alicyclic amines) is 2. The van der Waals surface area contributed by atoms with E-state index in [0.29, 0.717) is 25.9 Å². The van der Waals surface area contributed by atoms with Gasteiger partial charge in [-0.15, -0.1) is 0 Å². The van der Waals surface area contributed by atoms with Gasteiger partial charge in [-0.1, -0.05) is 6.07 Å². The molecular formula is C25H37N3O3. The van der Waals surface area contributed by atoms with E-state index in [4.69, 9.17) is 0 Å². The van der Waals surface area contributed by atoms with E-state index in [-0.39, 0.29) is 23.1 Å². The lowest BCUT2D eigenvalue weighted by atomic mass is 9.52. The summed E-state index contributed by atoms with van der Waals surface area (Å²) in [6, 6.07) is 5.84. The van der Waals surface area contributed by atoms with Crippen LogP contribution < -0.4 is 0 Å². The highest BCUT2D eigenvalue weighted by Crippen LogP contribution is 2.56. The van der Waals surface area contributed by atoms with Gasteiger partial charge in [-0.2, -0.15) is 0 Å². The second-order valence-electron chi connectivity index (χ2n) is 10.7. The van der Waals surface area contributed by atoms with E-state index in [9.17, 15) is 15.0 Å². The third-order valence-corrected chi connectivity index (χ3v) is 8.56. The Bertz CT molecular complexity index is 854. The molecule has 0 spiro atoms. The minimum Gasteiger partial charge on any atom is -0.508 e. The summed E-state index contributed by atoms with van der Waals surface area (Å²) in [6.45, 7) is 4.12. The van der Waals surface area contributed by atoms with Crippen molar-refractivity contribution in [3.8, 4) is 5.75 Å². The zero-order valence-corrected chi connectivity index (χ0v) is 19.0. The van der Waals surface area contributed by atoms with Gasteiger partial charge in [0, 0.05) is 44.1 Å². The molecule has 5 rings (SSSR count). The number of hydrogen-bond acceptors (Lipinski definition) is 5. The van der Waals surface area contributed by atoms with Crippen molar-refractivity contribution >= 4 is 5.91 Å². The molecule has 1 aromatic rings. The lowest BCUT2D eigenvalue weighted by Gasteiger charge is -2.61. The summed E-state index contributed by atoms with van der Waals surface area (Å²) in [5.41, 5.74) is 1.14. The molecule has 1 aromatic carbocycles. The molecule has 2 bridgehead atoms. The van der Waals surface area contributed by atoms with Crippen LogP contribution in [0.25, 0.3) is 0 Å². The first kappa shape index (κ1) is 21.2. The van der Waals surface area contributed by atoms with Crippen molar-refractivity contribution in [3.63, 3.8) is 0 Å². The Labute approximate surface area is 185 Å². The number of nitrogens with zero attached hydrogens (tertiary/aromatic N) is 3. The molecule has 2 heterocycles. The predicted molar refractivity (Wildman–Crippen MR) is 120 cm³/mol. The molecule has 0 radical (unpaired) electrons. The SMILES string of the molecule is CN(C)CCC(=O)N1CCC23CCN(CC4CC4)C(Cc4ccc(O)cc42)C3(O)CC1. The van der Waals surface area contributed by atoms with E-state index in [2.05, 4.69) is 11.0 Å². The second kappa shape index (κ2) is 7.75. The van der Waals surface area contributed by atoms with Crippen LogP contribution in [0, 0.1) is 5.92 Å². The molecule has 3 fully saturated rings. The Morgan fingerprint density at radius 1 is 1.16 bits per heavy atom. The lowest BCUT2D eigenvalue weighted by Crippen LogP contribution is -2.71. The second-order valence-corrected chi connectivity index (χ2v) is 10.7. The molecule has 2 saturated heterocycles. The summed E-state index contributed by atoms with van der Waals surface area (Å²) in [5.74, 6) is 1.25. The maximum Gasteiger partial charge on any atom is 0.223 e. The van der Waals surface area contributed by atoms with Gasteiger partial charge in [0.05, 0.1) is 5.60 Å². The van der Waals surface area contributed by atoms with E-state index < -0.39 is 5.60 Å². The molecule has 2 aliphatic heterocycles. The average Bonchev–Trinajstić information content (AvgIpc) is 3.55. The van der Waals surface area contributed by atoms with Crippen LogP contribution in [0.2, 0.25) is 0 Å². The van der Waals surface area contributed by atoms with Gasteiger partial charge in [-0.3, -0.25) is 9.69 Å². The van der Waals surface area contributed by atoms with Crippen LogP contribution in [-0.2, 0) is 16.6 Å². The monoisotopic (exact) mass is 427 g/mol. The fourth-order valence-corrected chi connectivity index (χ4v) is 6.59. The number of piperidine rings is 1. The summed E-state index contributed by atoms with van der Waals surface area (Å²) >= 11 is 0. The summed E-state index contributed by atoms with van der Waals surface area (Å²) < 4.78 is 0. The molecule has 0 aromatic heterocycles. The van der Waals surface area contributed by atoms with Crippen LogP contribution in [0.15, 0.2) is 18.2 Å². The fraction of sp³-hybridized carbons (Fsp3) is 0.720. The van der Waals surface area contributed by atoms with Crippen LogP contribution in [0.1, 0.15) is 49.7 Å². The largest absolute Gasteiger partial charge is 0.508 e. The molecule has 1 saturated carbocycles. The van der Waals surface area contributed by atoms with E-state index >= 15 is 0 Å². The van der Waals surface area contributed by atoms with Crippen LogP contribution in [0.5, 0.6) is 5.75 Å². The van der Waals surface area contributed by atoms with Crippen molar-refractivity contribution < 1.29 is 15.0 Å². The van der Waals surface area contributed by atoms with Crippen LogP contribution in [0.3, 0.4) is 0 Å². The molecule has 6 heteroatoms. The van der Waals surface area contributed by atoms with Gasteiger partial charge in [0.2, 0.25) is 5.91 Å². The number of carbonyl (C=O) groups excluding carboxylic acids is 1. The molecule has 3 unspecified atom stereocenters. The molecule has 31 heavy (non-hydrogen) atoms. The minimum absolute atomic E-state index is 0.0933. The third-order valence-electron chi connectivity index (χ3n) is 8.56. The Morgan fingerprint density at radius 2 is 1.90 bits per heavy atom. The first-order valence-electron chi connectivity index (χ1n) is 12.0. The highest BCUT2D eigenvalue weighted by molar-refractivity contribution is 5.76. The van der Waals surface area contributed by atoms with E-state index in [1.54, 1.807) is 6.07 Å². The van der Waals surface area contributed by atoms with Gasteiger partial charge < -0.3 is 20.0 Å². The van der Waals surface area contributed by atoms with Gasteiger partial charge in [-0.05, 0) is 88.3 Å². The molecule has 170 valence electrons. The fourth-order valence-electron chi connectivity index (χ4n) is 6.59. The average molecular weight is 428 g/mol. The summed E-state index contributed by atoms with van der Waals surface area (Å²) in [4.78, 5) is 19.5. The number of aliphatic hydroxyl groups is 1. The van der Waals surface area contributed by atoms with Crippen molar-refractivity contribution in [1.82, 2.24) is 14.7 Å². The maximum atomic E-state index is 12.9. The van der Waals surface area contributed by atoms with Gasteiger partial charge >= 0.3 is 0 Å². The van der Waals surface area contributed by atoms with Crippen LogP contribution in [0.4, 0.5) is 0 Å². The standard InChI is InChI=1S/C25H37N3O3/c1-26(2)11-7-23(30)27-12-8-24-9-13-28(17-18-3-4-18)22(25(24,31)10-14-27)15-19-5-6-20(29)16-21(19)24/h5-6,16,18,22,29,31H,3-4,7-15,17H2,1-2H3. The number of phenolic OH excluding ortho intramolecular Hbond substituents is 1. The van der Waals surface area contributed by atoms with Gasteiger partial charge in [0.25, 0.3) is 0 Å². The number of phenols is 1. The number of carbonyl (C=O) groups is 1.